The maximum Gasteiger partial charge on any atom is 0.337 e. The highest BCUT2D eigenvalue weighted by Gasteiger charge is 2.43. The summed E-state index contributed by atoms with van der Waals surface area (Å²) in [4.78, 5) is 11.7. The first-order valence-electron chi connectivity index (χ1n) is 8.55. The maximum atomic E-state index is 11.7. The van der Waals surface area contributed by atoms with E-state index in [2.05, 4.69) is 0 Å². The Labute approximate surface area is 156 Å². The van der Waals surface area contributed by atoms with Gasteiger partial charge in [0.15, 0.2) is 0 Å². The van der Waals surface area contributed by atoms with Crippen LogP contribution in [0.3, 0.4) is 0 Å². The van der Waals surface area contributed by atoms with E-state index < -0.39 is 43.1 Å². The first-order chi connectivity index (χ1) is 13.0. The Morgan fingerprint density at radius 2 is 1.70 bits per heavy atom. The lowest BCUT2D eigenvalue weighted by molar-refractivity contribution is -0.231. The largest absolute Gasteiger partial charge is 0.465 e. The van der Waals surface area contributed by atoms with E-state index in [4.69, 9.17) is 9.47 Å². The lowest BCUT2D eigenvalue weighted by atomic mass is 9.90. The van der Waals surface area contributed by atoms with Gasteiger partial charge in [0.2, 0.25) is 0 Å². The number of aliphatic hydroxyl groups excluding tert-OH is 4. The smallest absolute Gasteiger partial charge is 0.337 e. The van der Waals surface area contributed by atoms with Crippen LogP contribution in [0.5, 0.6) is 0 Å². The fraction of sp³-hybridized carbons (Fsp3) is 0.350. The maximum absolute atomic E-state index is 11.7. The number of hydrogen-bond donors (Lipinski definition) is 4. The third kappa shape index (κ3) is 3.87. The van der Waals surface area contributed by atoms with Crippen LogP contribution in [0.15, 0.2) is 48.5 Å². The number of ether oxygens (including phenoxy) is 2. The molecule has 0 spiro atoms. The van der Waals surface area contributed by atoms with Gasteiger partial charge in [0.25, 0.3) is 0 Å². The molecule has 7 nitrogen and oxygen atoms in total. The summed E-state index contributed by atoms with van der Waals surface area (Å²) < 4.78 is 10.3. The van der Waals surface area contributed by atoms with Crippen LogP contribution in [0.25, 0.3) is 11.1 Å². The van der Waals surface area contributed by atoms with Crippen LogP contribution in [0.4, 0.5) is 0 Å². The van der Waals surface area contributed by atoms with Gasteiger partial charge in [-0.15, -0.1) is 0 Å². The molecular weight excluding hydrogens is 352 g/mol. The molecule has 0 saturated carbocycles. The van der Waals surface area contributed by atoms with Crippen molar-refractivity contribution in [2.45, 2.75) is 30.5 Å². The lowest BCUT2D eigenvalue weighted by Crippen LogP contribution is -2.55. The molecule has 2 aromatic carbocycles. The average Bonchev–Trinajstić information content (AvgIpc) is 2.72. The van der Waals surface area contributed by atoms with E-state index in [0.717, 1.165) is 11.1 Å². The van der Waals surface area contributed by atoms with Crippen LogP contribution < -0.4 is 0 Å². The van der Waals surface area contributed by atoms with Crippen molar-refractivity contribution in [3.63, 3.8) is 0 Å². The Bertz CT molecular complexity index is 787. The highest BCUT2D eigenvalue weighted by atomic mass is 16.5. The fourth-order valence-corrected chi connectivity index (χ4v) is 3.19. The van der Waals surface area contributed by atoms with E-state index in [0.29, 0.717) is 11.1 Å². The summed E-state index contributed by atoms with van der Waals surface area (Å²) in [6.07, 6.45) is -5.96. The van der Waals surface area contributed by atoms with Crippen molar-refractivity contribution in [3.05, 3.63) is 59.7 Å². The third-order valence-electron chi connectivity index (χ3n) is 4.75. The molecule has 0 aliphatic carbocycles. The molecule has 144 valence electrons. The molecule has 2 aromatic rings. The summed E-state index contributed by atoms with van der Waals surface area (Å²) in [6, 6.07) is 14.1. The van der Waals surface area contributed by atoms with Gasteiger partial charge in [0, 0.05) is 0 Å². The second-order valence-electron chi connectivity index (χ2n) is 6.44. The molecule has 3 rings (SSSR count). The minimum Gasteiger partial charge on any atom is -0.465 e. The highest BCUT2D eigenvalue weighted by molar-refractivity contribution is 5.90. The zero-order valence-corrected chi connectivity index (χ0v) is 14.7. The zero-order chi connectivity index (χ0) is 19.6. The van der Waals surface area contributed by atoms with Crippen molar-refractivity contribution in [2.24, 2.45) is 0 Å². The van der Waals surface area contributed by atoms with Crippen molar-refractivity contribution in [1.82, 2.24) is 0 Å². The molecule has 1 aliphatic rings. The minimum absolute atomic E-state index is 0.421. The number of benzene rings is 2. The molecule has 0 aromatic heterocycles. The average molecular weight is 374 g/mol. The third-order valence-corrected chi connectivity index (χ3v) is 4.75. The molecule has 1 saturated heterocycles. The Morgan fingerprint density at radius 3 is 2.33 bits per heavy atom. The van der Waals surface area contributed by atoms with Crippen LogP contribution in [0.2, 0.25) is 0 Å². The predicted octanol–water partition coefficient (Wildman–Crippen LogP) is 0.655. The molecule has 1 fully saturated rings. The number of methoxy groups -OCH3 is 1. The van der Waals surface area contributed by atoms with Gasteiger partial charge in [-0.1, -0.05) is 36.4 Å². The second kappa shape index (κ2) is 8.16. The number of esters is 1. The SMILES string of the molecule is COC(=O)c1cccc(-c2ccc([C@H]3O[C@H](CO)[C@@H](O)[C@H](O)[C@@H]3O)cc2)c1. The van der Waals surface area contributed by atoms with Crippen LogP contribution in [-0.4, -0.2) is 64.5 Å². The zero-order valence-electron chi connectivity index (χ0n) is 14.7. The van der Waals surface area contributed by atoms with Gasteiger partial charge in [-0.25, -0.2) is 4.79 Å². The molecule has 4 N–H and O–H groups in total. The molecule has 0 amide bonds. The van der Waals surface area contributed by atoms with E-state index in [-0.39, 0.29) is 0 Å². The number of rotatable bonds is 4. The summed E-state index contributed by atoms with van der Waals surface area (Å²) in [5, 5.41) is 39.3. The van der Waals surface area contributed by atoms with Crippen molar-refractivity contribution in [2.75, 3.05) is 13.7 Å². The summed E-state index contributed by atoms with van der Waals surface area (Å²) in [6.45, 7) is -0.472. The number of carbonyl (C=O) groups is 1. The number of carbonyl (C=O) groups excluding carboxylic acids is 1. The first-order valence-corrected chi connectivity index (χ1v) is 8.55. The first kappa shape index (κ1) is 19.5. The van der Waals surface area contributed by atoms with Crippen molar-refractivity contribution >= 4 is 5.97 Å². The molecule has 0 bridgehead atoms. The molecular formula is C20H22O7. The van der Waals surface area contributed by atoms with Crippen molar-refractivity contribution in [3.8, 4) is 11.1 Å². The van der Waals surface area contributed by atoms with Gasteiger partial charge in [0.1, 0.15) is 30.5 Å². The Hall–Kier alpha value is -2.29. The van der Waals surface area contributed by atoms with Gasteiger partial charge < -0.3 is 29.9 Å². The van der Waals surface area contributed by atoms with Crippen LogP contribution >= 0.6 is 0 Å². The quantitative estimate of drug-likeness (QED) is 0.581. The van der Waals surface area contributed by atoms with Crippen molar-refractivity contribution < 1.29 is 34.7 Å². The molecule has 7 heteroatoms. The van der Waals surface area contributed by atoms with Gasteiger partial charge >= 0.3 is 5.97 Å². The number of aliphatic hydroxyl groups is 4. The van der Waals surface area contributed by atoms with E-state index >= 15 is 0 Å². The van der Waals surface area contributed by atoms with E-state index in [1.807, 2.05) is 6.07 Å². The molecule has 1 heterocycles. The molecule has 0 radical (unpaired) electrons. The van der Waals surface area contributed by atoms with Crippen molar-refractivity contribution in [1.29, 1.82) is 0 Å². The summed E-state index contributed by atoms with van der Waals surface area (Å²) in [5.74, 6) is -0.421. The Kier molecular flexibility index (Phi) is 5.88. The molecule has 1 aliphatic heterocycles. The summed E-state index contributed by atoms with van der Waals surface area (Å²) in [5.41, 5.74) is 2.69. The molecule has 5 atom stereocenters. The van der Waals surface area contributed by atoms with Gasteiger partial charge in [-0.05, 0) is 28.8 Å². The normalized spacial score (nSPS) is 28.0. The van der Waals surface area contributed by atoms with Crippen LogP contribution in [0, 0.1) is 0 Å². The predicted molar refractivity (Wildman–Crippen MR) is 95.9 cm³/mol. The summed E-state index contributed by atoms with van der Waals surface area (Å²) in [7, 11) is 1.32. The monoisotopic (exact) mass is 374 g/mol. The lowest BCUT2D eigenvalue weighted by Gasteiger charge is -2.40. The van der Waals surface area contributed by atoms with Crippen LogP contribution in [0.1, 0.15) is 22.0 Å². The Morgan fingerprint density at radius 1 is 1.00 bits per heavy atom. The standard InChI is InChI=1S/C20H22O7/c1-26-20(25)14-4-2-3-13(9-14)11-5-7-12(8-6-11)19-18(24)17(23)16(22)15(10-21)27-19/h2-9,15-19,21-24H,10H2,1H3/t15-,16-,17+,18+,19-/m1/s1. The van der Waals surface area contributed by atoms with Gasteiger partial charge in [0.05, 0.1) is 19.3 Å². The fourth-order valence-electron chi connectivity index (χ4n) is 3.19. The Balaban J connectivity index is 1.84. The van der Waals surface area contributed by atoms with Gasteiger partial charge in [-0.2, -0.15) is 0 Å². The van der Waals surface area contributed by atoms with Gasteiger partial charge in [-0.3, -0.25) is 0 Å². The number of hydrogen-bond acceptors (Lipinski definition) is 7. The summed E-state index contributed by atoms with van der Waals surface area (Å²) >= 11 is 0. The minimum atomic E-state index is -1.42. The van der Waals surface area contributed by atoms with E-state index in [9.17, 15) is 25.2 Å². The van der Waals surface area contributed by atoms with E-state index in [1.165, 1.54) is 7.11 Å². The topological polar surface area (TPSA) is 116 Å². The molecule has 27 heavy (non-hydrogen) atoms. The molecule has 0 unspecified atom stereocenters. The second-order valence-corrected chi connectivity index (χ2v) is 6.44. The van der Waals surface area contributed by atoms with Crippen LogP contribution in [-0.2, 0) is 9.47 Å². The van der Waals surface area contributed by atoms with E-state index in [1.54, 1.807) is 42.5 Å². The highest BCUT2D eigenvalue weighted by Crippen LogP contribution is 2.33.